The van der Waals surface area contributed by atoms with Crippen LogP contribution in [0.25, 0.3) is 0 Å². The molecular weight excluding hydrogens is 339 g/mol. The maximum Gasteiger partial charge on any atom is 0.259 e. The Morgan fingerprint density at radius 3 is 2.27 bits per heavy atom. The second-order valence-electron chi connectivity index (χ2n) is 5.53. The van der Waals surface area contributed by atoms with Gasteiger partial charge in [0.1, 0.15) is 6.10 Å². The van der Waals surface area contributed by atoms with Crippen LogP contribution < -0.4 is 0 Å². The SMILES string of the molecule is COC1CSSCC1OP(OCCC#N)N(C(C)C)C(C)C. The Morgan fingerprint density at radius 2 is 1.77 bits per heavy atom. The Labute approximate surface area is 143 Å². The molecule has 3 atom stereocenters. The van der Waals surface area contributed by atoms with E-state index in [2.05, 4.69) is 38.4 Å². The van der Waals surface area contributed by atoms with E-state index < -0.39 is 8.53 Å². The van der Waals surface area contributed by atoms with Crippen molar-refractivity contribution in [3.63, 3.8) is 0 Å². The first-order valence-corrected chi connectivity index (χ1v) is 11.1. The molecule has 0 bridgehead atoms. The summed E-state index contributed by atoms with van der Waals surface area (Å²) in [7, 11) is 4.18. The van der Waals surface area contributed by atoms with Gasteiger partial charge in [0, 0.05) is 30.7 Å². The summed E-state index contributed by atoms with van der Waals surface area (Å²) in [4.78, 5) is 0. The second-order valence-corrected chi connectivity index (χ2v) is 9.49. The van der Waals surface area contributed by atoms with Crippen molar-refractivity contribution in [1.82, 2.24) is 4.67 Å². The molecule has 0 N–H and O–H groups in total. The molecule has 1 aliphatic rings. The maximum absolute atomic E-state index is 8.73. The summed E-state index contributed by atoms with van der Waals surface area (Å²) in [6.45, 7) is 8.99. The van der Waals surface area contributed by atoms with Crippen molar-refractivity contribution in [2.45, 2.75) is 58.4 Å². The lowest BCUT2D eigenvalue weighted by atomic mass is 10.2. The van der Waals surface area contributed by atoms with Crippen molar-refractivity contribution >= 4 is 30.1 Å². The quantitative estimate of drug-likeness (QED) is 0.346. The van der Waals surface area contributed by atoms with Gasteiger partial charge in [0.25, 0.3) is 8.53 Å². The Hall–Kier alpha value is 0.460. The second kappa shape index (κ2) is 11.1. The molecule has 0 aromatic carbocycles. The summed E-state index contributed by atoms with van der Waals surface area (Å²) >= 11 is 0. The molecule has 0 saturated carbocycles. The van der Waals surface area contributed by atoms with Crippen molar-refractivity contribution in [3.8, 4) is 6.07 Å². The first kappa shape index (κ1) is 20.5. The van der Waals surface area contributed by atoms with Crippen LogP contribution in [0.3, 0.4) is 0 Å². The van der Waals surface area contributed by atoms with E-state index in [9.17, 15) is 0 Å². The number of ether oxygens (including phenoxy) is 1. The molecule has 8 heteroatoms. The minimum atomic E-state index is -1.19. The van der Waals surface area contributed by atoms with Gasteiger partial charge in [0.05, 0.1) is 25.2 Å². The summed E-state index contributed by atoms with van der Waals surface area (Å²) in [5.41, 5.74) is 0. The topological polar surface area (TPSA) is 54.7 Å². The van der Waals surface area contributed by atoms with Gasteiger partial charge >= 0.3 is 0 Å². The van der Waals surface area contributed by atoms with Gasteiger partial charge in [0.2, 0.25) is 0 Å². The molecule has 5 nitrogen and oxygen atoms in total. The molecule has 1 saturated heterocycles. The zero-order chi connectivity index (χ0) is 16.5. The molecule has 1 rings (SSSR count). The lowest BCUT2D eigenvalue weighted by Crippen LogP contribution is -2.40. The lowest BCUT2D eigenvalue weighted by Gasteiger charge is -2.39. The third-order valence-electron chi connectivity index (χ3n) is 3.15. The standard InChI is InChI=1S/C14H27N2O3PS2/c1-11(2)16(12(3)4)20(18-8-6-7-15)19-14-10-22-21-9-13(14)17-5/h11-14H,6,8-10H2,1-5H3. The van der Waals surface area contributed by atoms with E-state index >= 15 is 0 Å². The first-order valence-electron chi connectivity index (χ1n) is 7.53. The fraction of sp³-hybridized carbons (Fsp3) is 0.929. The third-order valence-corrected chi connectivity index (χ3v) is 7.72. The zero-order valence-corrected chi connectivity index (χ0v) is 16.5. The molecule has 1 heterocycles. The number of hydrogen-bond acceptors (Lipinski definition) is 7. The summed E-state index contributed by atoms with van der Waals surface area (Å²) < 4.78 is 20.1. The molecule has 0 aromatic heterocycles. The van der Waals surface area contributed by atoms with Crippen LogP contribution in [0.2, 0.25) is 0 Å². The molecular formula is C14H27N2O3PS2. The summed E-state index contributed by atoms with van der Waals surface area (Å²) in [5.74, 6) is 1.82. The Bertz CT molecular complexity index is 347. The van der Waals surface area contributed by atoms with Crippen LogP contribution in [0.5, 0.6) is 0 Å². The first-order chi connectivity index (χ1) is 10.5. The van der Waals surface area contributed by atoms with Crippen molar-refractivity contribution in [2.75, 3.05) is 25.2 Å². The molecule has 22 heavy (non-hydrogen) atoms. The third kappa shape index (κ3) is 6.52. The smallest absolute Gasteiger partial charge is 0.259 e. The van der Waals surface area contributed by atoms with Crippen LogP contribution in [0, 0.1) is 11.3 Å². The van der Waals surface area contributed by atoms with Crippen LogP contribution in [0.1, 0.15) is 34.1 Å². The van der Waals surface area contributed by atoms with Crippen LogP contribution in [0.4, 0.5) is 0 Å². The van der Waals surface area contributed by atoms with E-state index in [-0.39, 0.29) is 12.2 Å². The highest BCUT2D eigenvalue weighted by Gasteiger charge is 2.34. The van der Waals surface area contributed by atoms with E-state index in [1.54, 1.807) is 7.11 Å². The number of methoxy groups -OCH3 is 1. The Balaban J connectivity index is 2.77. The van der Waals surface area contributed by atoms with E-state index in [0.29, 0.717) is 25.1 Å². The van der Waals surface area contributed by atoms with Gasteiger partial charge < -0.3 is 13.8 Å². The van der Waals surface area contributed by atoms with E-state index in [1.165, 1.54) is 0 Å². The molecule has 0 aliphatic carbocycles. The minimum Gasteiger partial charge on any atom is -0.378 e. The van der Waals surface area contributed by atoms with Crippen LogP contribution >= 0.6 is 30.1 Å². The highest BCUT2D eigenvalue weighted by atomic mass is 33.1. The number of nitrogens with zero attached hydrogens (tertiary/aromatic N) is 2. The zero-order valence-electron chi connectivity index (χ0n) is 14.0. The summed E-state index contributed by atoms with van der Waals surface area (Å²) in [6, 6.07) is 2.76. The monoisotopic (exact) mass is 366 g/mol. The fourth-order valence-electron chi connectivity index (χ4n) is 2.17. The summed E-state index contributed by atoms with van der Waals surface area (Å²) in [5, 5.41) is 8.73. The number of nitriles is 1. The van der Waals surface area contributed by atoms with Crippen molar-refractivity contribution in [1.29, 1.82) is 5.26 Å². The molecule has 3 unspecified atom stereocenters. The molecule has 0 radical (unpaired) electrons. The number of rotatable bonds is 9. The lowest BCUT2D eigenvalue weighted by molar-refractivity contribution is 0.0179. The molecule has 0 spiro atoms. The predicted molar refractivity (Wildman–Crippen MR) is 95.8 cm³/mol. The van der Waals surface area contributed by atoms with Gasteiger partial charge in [-0.15, -0.1) is 0 Å². The van der Waals surface area contributed by atoms with Crippen molar-refractivity contribution < 1.29 is 13.8 Å². The average molecular weight is 366 g/mol. The van der Waals surface area contributed by atoms with Gasteiger partial charge in [-0.3, -0.25) is 0 Å². The van der Waals surface area contributed by atoms with Gasteiger partial charge in [-0.25, -0.2) is 4.67 Å². The van der Waals surface area contributed by atoms with Gasteiger partial charge in [0.15, 0.2) is 0 Å². The highest BCUT2D eigenvalue weighted by Crippen LogP contribution is 2.49. The average Bonchev–Trinajstić information content (AvgIpc) is 2.47. The fourth-order valence-corrected chi connectivity index (χ4v) is 6.50. The van der Waals surface area contributed by atoms with E-state index in [4.69, 9.17) is 19.0 Å². The molecule has 0 amide bonds. The largest absolute Gasteiger partial charge is 0.378 e. The predicted octanol–water partition coefficient (Wildman–Crippen LogP) is 4.06. The van der Waals surface area contributed by atoms with Crippen LogP contribution in [0.15, 0.2) is 0 Å². The van der Waals surface area contributed by atoms with Crippen LogP contribution in [-0.4, -0.2) is 54.2 Å². The summed E-state index contributed by atoms with van der Waals surface area (Å²) in [6.07, 6.45) is 0.510. The molecule has 128 valence electrons. The van der Waals surface area contributed by atoms with E-state index in [1.807, 2.05) is 21.6 Å². The van der Waals surface area contributed by atoms with Crippen molar-refractivity contribution in [3.05, 3.63) is 0 Å². The normalized spacial score (nSPS) is 24.0. The number of hydrogen-bond donors (Lipinski definition) is 0. The Morgan fingerprint density at radius 1 is 1.18 bits per heavy atom. The van der Waals surface area contributed by atoms with Crippen LogP contribution in [-0.2, 0) is 13.8 Å². The Kier molecular flexibility index (Phi) is 10.3. The van der Waals surface area contributed by atoms with E-state index in [0.717, 1.165) is 11.5 Å². The molecule has 1 aliphatic heterocycles. The minimum absolute atomic E-state index is 0.0319. The highest BCUT2D eigenvalue weighted by molar-refractivity contribution is 8.76. The molecule has 0 aromatic rings. The van der Waals surface area contributed by atoms with Gasteiger partial charge in [-0.2, -0.15) is 5.26 Å². The molecule has 1 fully saturated rings. The van der Waals surface area contributed by atoms with Gasteiger partial charge in [-0.1, -0.05) is 21.6 Å². The van der Waals surface area contributed by atoms with Crippen molar-refractivity contribution in [2.24, 2.45) is 0 Å². The maximum atomic E-state index is 8.73. The van der Waals surface area contributed by atoms with Gasteiger partial charge in [-0.05, 0) is 27.7 Å².